The average molecular weight is 398 g/mol. The van der Waals surface area contributed by atoms with Crippen molar-refractivity contribution in [3.8, 4) is 0 Å². The molecule has 3 aromatic rings. The molecular weight excluding hydrogens is 374 g/mol. The van der Waals surface area contributed by atoms with Gasteiger partial charge in [-0.25, -0.2) is 9.97 Å². The molecule has 1 aliphatic rings. The number of piperidine rings is 1. The Morgan fingerprint density at radius 3 is 2.79 bits per heavy atom. The second-order valence-corrected chi connectivity index (χ2v) is 7.94. The molecular formula is C21H24ClN5O. The molecule has 7 heteroatoms. The number of aromatic amines is 1. The van der Waals surface area contributed by atoms with Crippen LogP contribution in [-0.4, -0.2) is 44.1 Å². The van der Waals surface area contributed by atoms with E-state index in [2.05, 4.69) is 21.2 Å². The van der Waals surface area contributed by atoms with Gasteiger partial charge in [0.15, 0.2) is 5.65 Å². The molecule has 1 fully saturated rings. The van der Waals surface area contributed by atoms with Gasteiger partial charge in [-0.3, -0.25) is 9.89 Å². The van der Waals surface area contributed by atoms with Crippen LogP contribution in [0.4, 0.5) is 0 Å². The lowest BCUT2D eigenvalue weighted by Gasteiger charge is -2.32. The molecule has 1 N–H and O–H groups in total. The molecule has 146 valence electrons. The van der Waals surface area contributed by atoms with Crippen LogP contribution in [0.25, 0.3) is 11.0 Å². The molecule has 0 aliphatic carbocycles. The predicted molar refractivity (Wildman–Crippen MR) is 109 cm³/mol. The minimum Gasteiger partial charge on any atom is -0.343 e. The summed E-state index contributed by atoms with van der Waals surface area (Å²) in [6.07, 6.45) is 4.77. The zero-order chi connectivity index (χ0) is 19.7. The number of aromatic nitrogens is 4. The summed E-state index contributed by atoms with van der Waals surface area (Å²) in [6, 6.07) is 5.97. The molecule has 1 aliphatic heterocycles. The van der Waals surface area contributed by atoms with Gasteiger partial charge >= 0.3 is 0 Å². The van der Waals surface area contributed by atoms with Gasteiger partial charge in [-0.15, -0.1) is 0 Å². The summed E-state index contributed by atoms with van der Waals surface area (Å²) in [7, 11) is 0. The third kappa shape index (κ3) is 3.87. The first kappa shape index (κ1) is 18.9. The molecule has 1 saturated heterocycles. The van der Waals surface area contributed by atoms with Crippen LogP contribution < -0.4 is 0 Å². The first-order chi connectivity index (χ1) is 13.5. The van der Waals surface area contributed by atoms with Crippen molar-refractivity contribution >= 4 is 28.5 Å². The van der Waals surface area contributed by atoms with E-state index in [0.29, 0.717) is 17.4 Å². The summed E-state index contributed by atoms with van der Waals surface area (Å²) in [5, 5.41) is 8.77. The van der Waals surface area contributed by atoms with Crippen molar-refractivity contribution in [2.75, 3.05) is 13.1 Å². The molecule has 4 rings (SSSR count). The summed E-state index contributed by atoms with van der Waals surface area (Å²) in [4.78, 5) is 23.7. The molecule has 0 aromatic carbocycles. The zero-order valence-corrected chi connectivity index (χ0v) is 17.0. The number of halogens is 1. The third-order valence-corrected chi connectivity index (χ3v) is 5.87. The van der Waals surface area contributed by atoms with Gasteiger partial charge in [0.25, 0.3) is 0 Å². The van der Waals surface area contributed by atoms with Crippen molar-refractivity contribution in [2.45, 2.75) is 45.4 Å². The van der Waals surface area contributed by atoms with Gasteiger partial charge in [0, 0.05) is 48.4 Å². The van der Waals surface area contributed by atoms with Crippen molar-refractivity contribution < 1.29 is 4.79 Å². The van der Waals surface area contributed by atoms with E-state index in [4.69, 9.17) is 16.6 Å². The van der Waals surface area contributed by atoms with E-state index in [9.17, 15) is 4.79 Å². The van der Waals surface area contributed by atoms with Crippen LogP contribution in [0.15, 0.2) is 24.4 Å². The van der Waals surface area contributed by atoms with Crippen molar-refractivity contribution in [3.05, 3.63) is 52.1 Å². The standard InChI is InChI=1S/C21H24ClN5O/c1-13-18(14(2)26-25-13)4-6-20(28)27-9-7-15(8-10-27)19-5-3-16-11-17(22)12-23-21(16)24-19/h3,5,11-12,15H,4,6-10H2,1-2H3,(H,25,26). The number of hydrogen-bond donors (Lipinski definition) is 1. The summed E-state index contributed by atoms with van der Waals surface area (Å²) < 4.78 is 0. The highest BCUT2D eigenvalue weighted by Crippen LogP contribution is 2.28. The van der Waals surface area contributed by atoms with E-state index in [1.807, 2.05) is 30.9 Å². The maximum atomic E-state index is 12.6. The van der Waals surface area contributed by atoms with Crippen LogP contribution in [0, 0.1) is 13.8 Å². The van der Waals surface area contributed by atoms with Crippen LogP contribution in [0.2, 0.25) is 5.02 Å². The summed E-state index contributed by atoms with van der Waals surface area (Å²) in [6.45, 7) is 5.54. The van der Waals surface area contributed by atoms with E-state index in [1.165, 1.54) is 0 Å². The van der Waals surface area contributed by atoms with Crippen LogP contribution in [0.5, 0.6) is 0 Å². The minimum absolute atomic E-state index is 0.223. The molecule has 28 heavy (non-hydrogen) atoms. The number of rotatable bonds is 4. The molecule has 0 saturated carbocycles. The fraction of sp³-hybridized carbons (Fsp3) is 0.429. The van der Waals surface area contributed by atoms with E-state index >= 15 is 0 Å². The monoisotopic (exact) mass is 397 g/mol. The fourth-order valence-electron chi connectivity index (χ4n) is 3.98. The highest BCUT2D eigenvalue weighted by atomic mass is 35.5. The van der Waals surface area contributed by atoms with Crippen LogP contribution >= 0.6 is 11.6 Å². The molecule has 6 nitrogen and oxygen atoms in total. The number of aryl methyl sites for hydroxylation is 2. The van der Waals surface area contributed by atoms with Gasteiger partial charge in [-0.1, -0.05) is 11.6 Å². The number of H-pyrrole nitrogens is 1. The SMILES string of the molecule is Cc1n[nH]c(C)c1CCC(=O)N1CCC(c2ccc3cc(Cl)cnc3n2)CC1. The van der Waals surface area contributed by atoms with Crippen LogP contribution in [0.1, 0.15) is 47.8 Å². The Labute approximate surface area is 169 Å². The second-order valence-electron chi connectivity index (χ2n) is 7.50. The summed E-state index contributed by atoms with van der Waals surface area (Å²) >= 11 is 6.00. The van der Waals surface area contributed by atoms with Gasteiger partial charge in [0.2, 0.25) is 5.91 Å². The molecule has 0 bridgehead atoms. The Kier molecular flexibility index (Phi) is 5.31. The second kappa shape index (κ2) is 7.87. The number of pyridine rings is 2. The first-order valence-electron chi connectivity index (χ1n) is 9.71. The number of carbonyl (C=O) groups excluding carboxylic acids is 1. The van der Waals surface area contributed by atoms with Crippen molar-refractivity contribution in [1.82, 2.24) is 25.1 Å². The number of fused-ring (bicyclic) bond motifs is 1. The van der Waals surface area contributed by atoms with Gasteiger partial charge in [-0.2, -0.15) is 5.10 Å². The number of carbonyl (C=O) groups is 1. The third-order valence-electron chi connectivity index (χ3n) is 5.67. The summed E-state index contributed by atoms with van der Waals surface area (Å²) in [5.41, 5.74) is 4.99. The number of amides is 1. The van der Waals surface area contributed by atoms with Gasteiger partial charge < -0.3 is 4.90 Å². The Bertz CT molecular complexity index is 988. The number of hydrogen-bond acceptors (Lipinski definition) is 4. The van der Waals surface area contributed by atoms with Gasteiger partial charge in [0.1, 0.15) is 0 Å². The first-order valence-corrected chi connectivity index (χ1v) is 10.1. The van der Waals surface area contributed by atoms with E-state index < -0.39 is 0 Å². The van der Waals surface area contributed by atoms with Crippen LogP contribution in [0.3, 0.4) is 0 Å². The Morgan fingerprint density at radius 1 is 1.29 bits per heavy atom. The number of nitrogens with zero attached hydrogens (tertiary/aromatic N) is 4. The van der Waals surface area contributed by atoms with E-state index in [1.54, 1.807) is 6.20 Å². The highest BCUT2D eigenvalue weighted by Gasteiger charge is 2.25. The Hall–Kier alpha value is -2.47. The Balaban J connectivity index is 1.35. The average Bonchev–Trinajstić information content (AvgIpc) is 3.03. The molecule has 0 radical (unpaired) electrons. The molecule has 0 unspecified atom stereocenters. The lowest BCUT2D eigenvalue weighted by Crippen LogP contribution is -2.38. The van der Waals surface area contributed by atoms with E-state index in [-0.39, 0.29) is 5.91 Å². The quantitative estimate of drug-likeness (QED) is 0.723. The van der Waals surface area contributed by atoms with Crippen molar-refractivity contribution in [1.29, 1.82) is 0 Å². The summed E-state index contributed by atoms with van der Waals surface area (Å²) in [5.74, 6) is 0.588. The predicted octanol–water partition coefficient (Wildman–Crippen LogP) is 3.96. The highest BCUT2D eigenvalue weighted by molar-refractivity contribution is 6.31. The largest absolute Gasteiger partial charge is 0.343 e. The van der Waals surface area contributed by atoms with Gasteiger partial charge in [-0.05, 0) is 56.9 Å². The Morgan fingerprint density at radius 2 is 2.07 bits per heavy atom. The maximum absolute atomic E-state index is 12.6. The minimum atomic E-state index is 0.223. The molecule has 0 spiro atoms. The number of nitrogens with one attached hydrogen (secondary N) is 1. The normalized spacial score (nSPS) is 15.3. The molecule has 0 atom stereocenters. The van der Waals surface area contributed by atoms with Crippen molar-refractivity contribution in [3.63, 3.8) is 0 Å². The van der Waals surface area contributed by atoms with E-state index in [0.717, 1.165) is 66.0 Å². The molecule has 1 amide bonds. The topological polar surface area (TPSA) is 74.8 Å². The van der Waals surface area contributed by atoms with Crippen molar-refractivity contribution in [2.24, 2.45) is 0 Å². The lowest BCUT2D eigenvalue weighted by atomic mass is 9.92. The van der Waals surface area contributed by atoms with Gasteiger partial charge in [0.05, 0.1) is 10.7 Å². The smallest absolute Gasteiger partial charge is 0.222 e. The maximum Gasteiger partial charge on any atom is 0.222 e. The zero-order valence-electron chi connectivity index (χ0n) is 16.2. The van der Waals surface area contributed by atoms with Crippen LogP contribution in [-0.2, 0) is 11.2 Å². The number of likely N-dealkylation sites (tertiary alicyclic amines) is 1. The molecule has 3 aromatic heterocycles. The molecule has 4 heterocycles. The lowest BCUT2D eigenvalue weighted by molar-refractivity contribution is -0.132. The fourth-order valence-corrected chi connectivity index (χ4v) is 4.15.